The molecule has 0 aliphatic heterocycles. The molecule has 7 heteroatoms. The van der Waals surface area contributed by atoms with Gasteiger partial charge in [-0.25, -0.2) is 0 Å². The lowest BCUT2D eigenvalue weighted by molar-refractivity contribution is -0.192. The fourth-order valence-corrected chi connectivity index (χ4v) is 3.39. The van der Waals surface area contributed by atoms with Gasteiger partial charge in [0.05, 0.1) is 6.42 Å². The van der Waals surface area contributed by atoms with Gasteiger partial charge < -0.3 is 20.3 Å². The number of carbonyl (C=O) groups excluding carboxylic acids is 2. The van der Waals surface area contributed by atoms with Gasteiger partial charge in [-0.2, -0.15) is 0 Å². The lowest BCUT2D eigenvalue weighted by Crippen LogP contribution is -2.51. The molecule has 1 saturated carbocycles. The van der Waals surface area contributed by atoms with Gasteiger partial charge in [0.1, 0.15) is 6.04 Å². The molecule has 0 amide bonds. The minimum absolute atomic E-state index is 0.155. The molecule has 0 aromatic rings. The van der Waals surface area contributed by atoms with Crippen LogP contribution in [0.15, 0.2) is 0 Å². The van der Waals surface area contributed by atoms with Gasteiger partial charge in [0, 0.05) is 18.3 Å². The second-order valence-electron chi connectivity index (χ2n) is 6.87. The smallest absolute Gasteiger partial charge is 0.326 e. The van der Waals surface area contributed by atoms with Crippen molar-refractivity contribution in [2.24, 2.45) is 11.1 Å². The van der Waals surface area contributed by atoms with Crippen LogP contribution in [0.3, 0.4) is 0 Å². The summed E-state index contributed by atoms with van der Waals surface area (Å²) in [6, 6.07) is -1.03. The number of hydrogen-bond donors (Lipinski definition) is 2. The van der Waals surface area contributed by atoms with Crippen molar-refractivity contribution in [3.63, 3.8) is 0 Å². The zero-order chi connectivity index (χ0) is 18.9. The predicted octanol–water partition coefficient (Wildman–Crippen LogP) is 2.75. The molecule has 0 bridgehead atoms. The molecule has 1 aliphatic rings. The summed E-state index contributed by atoms with van der Waals surface area (Å²) in [5.74, 6) is -2.07. The Balaban J connectivity index is 2.78. The standard InChI is InChI=1S/C18H31NO6/c1-3-8-14(22)24-15(9-4-2)25-17(23)16(19)18(12-13(20)21)10-6-5-7-11-18/h15-16H,3-12,19H2,1-2H3,(H,20,21). The number of carbonyl (C=O) groups is 3. The summed E-state index contributed by atoms with van der Waals surface area (Å²) in [7, 11) is 0. The quantitative estimate of drug-likeness (QED) is 0.456. The minimum atomic E-state index is -1.03. The topological polar surface area (TPSA) is 116 Å². The van der Waals surface area contributed by atoms with E-state index in [1.165, 1.54) is 0 Å². The highest BCUT2D eigenvalue weighted by atomic mass is 16.7. The van der Waals surface area contributed by atoms with E-state index in [1.807, 2.05) is 13.8 Å². The lowest BCUT2D eigenvalue weighted by Gasteiger charge is -2.39. The first kappa shape index (κ1) is 21.4. The average Bonchev–Trinajstić information content (AvgIpc) is 2.54. The molecular formula is C18H31NO6. The number of hydrogen-bond acceptors (Lipinski definition) is 6. The first-order chi connectivity index (χ1) is 11.8. The SMILES string of the molecule is CCCC(=O)OC(CCC)OC(=O)C(N)C1(CC(=O)O)CCCCC1. The maximum absolute atomic E-state index is 12.5. The van der Waals surface area contributed by atoms with Crippen LogP contribution in [0.4, 0.5) is 0 Å². The monoisotopic (exact) mass is 357 g/mol. The molecule has 2 atom stereocenters. The molecule has 0 saturated heterocycles. The van der Waals surface area contributed by atoms with Gasteiger partial charge in [-0.1, -0.05) is 33.1 Å². The summed E-state index contributed by atoms with van der Waals surface area (Å²) in [5.41, 5.74) is 5.34. The first-order valence-corrected chi connectivity index (χ1v) is 9.22. The summed E-state index contributed by atoms with van der Waals surface area (Å²) >= 11 is 0. The van der Waals surface area contributed by atoms with Gasteiger partial charge in [-0.3, -0.25) is 14.4 Å². The third kappa shape index (κ3) is 6.65. The van der Waals surface area contributed by atoms with Crippen molar-refractivity contribution in [3.8, 4) is 0 Å². The van der Waals surface area contributed by atoms with E-state index in [0.29, 0.717) is 32.1 Å². The van der Waals surface area contributed by atoms with Crippen molar-refractivity contribution < 1.29 is 29.0 Å². The fourth-order valence-electron chi connectivity index (χ4n) is 3.39. The van der Waals surface area contributed by atoms with Crippen molar-refractivity contribution in [2.45, 2.75) is 90.4 Å². The number of esters is 2. The molecule has 0 spiro atoms. The Bertz CT molecular complexity index is 458. The fraction of sp³-hybridized carbons (Fsp3) is 0.833. The van der Waals surface area contributed by atoms with Crippen molar-refractivity contribution in [1.29, 1.82) is 0 Å². The molecule has 0 heterocycles. The van der Waals surface area contributed by atoms with Gasteiger partial charge in [0.2, 0.25) is 6.29 Å². The van der Waals surface area contributed by atoms with Crippen molar-refractivity contribution >= 4 is 17.9 Å². The molecule has 25 heavy (non-hydrogen) atoms. The Morgan fingerprint density at radius 1 is 1.08 bits per heavy atom. The van der Waals surface area contributed by atoms with E-state index < -0.39 is 35.7 Å². The van der Waals surface area contributed by atoms with Crippen LogP contribution in [0, 0.1) is 5.41 Å². The molecule has 2 unspecified atom stereocenters. The molecule has 1 fully saturated rings. The van der Waals surface area contributed by atoms with Crippen LogP contribution in [-0.2, 0) is 23.9 Å². The van der Waals surface area contributed by atoms with Crippen LogP contribution in [0.2, 0.25) is 0 Å². The predicted molar refractivity (Wildman–Crippen MR) is 91.5 cm³/mol. The summed E-state index contributed by atoms with van der Waals surface area (Å²) in [5, 5.41) is 9.23. The van der Waals surface area contributed by atoms with E-state index >= 15 is 0 Å². The van der Waals surface area contributed by atoms with Crippen molar-refractivity contribution in [1.82, 2.24) is 0 Å². The van der Waals surface area contributed by atoms with Gasteiger partial charge in [-0.05, 0) is 25.7 Å². The van der Waals surface area contributed by atoms with E-state index in [0.717, 1.165) is 19.3 Å². The van der Waals surface area contributed by atoms with Gasteiger partial charge >= 0.3 is 17.9 Å². The van der Waals surface area contributed by atoms with E-state index in [2.05, 4.69) is 0 Å². The van der Waals surface area contributed by atoms with Crippen LogP contribution < -0.4 is 5.73 Å². The van der Waals surface area contributed by atoms with Gasteiger partial charge in [0.25, 0.3) is 0 Å². The Kier molecular flexibility index (Phi) is 8.89. The van der Waals surface area contributed by atoms with Gasteiger partial charge in [-0.15, -0.1) is 0 Å². The summed E-state index contributed by atoms with van der Waals surface area (Å²) in [6.45, 7) is 3.75. The highest BCUT2D eigenvalue weighted by Crippen LogP contribution is 2.42. The highest BCUT2D eigenvalue weighted by Gasteiger charge is 2.44. The normalized spacial score (nSPS) is 18.8. The zero-order valence-corrected chi connectivity index (χ0v) is 15.3. The molecule has 0 radical (unpaired) electrons. The van der Waals surface area contributed by atoms with E-state index in [-0.39, 0.29) is 12.8 Å². The maximum atomic E-state index is 12.5. The molecule has 3 N–H and O–H groups in total. The molecular weight excluding hydrogens is 326 g/mol. The summed E-state index contributed by atoms with van der Waals surface area (Å²) in [4.78, 5) is 35.5. The van der Waals surface area contributed by atoms with Gasteiger partial charge in [0.15, 0.2) is 0 Å². The number of nitrogens with two attached hydrogens (primary N) is 1. The molecule has 7 nitrogen and oxygen atoms in total. The minimum Gasteiger partial charge on any atom is -0.481 e. The Labute approximate surface area is 149 Å². The van der Waals surface area contributed by atoms with Crippen LogP contribution in [-0.4, -0.2) is 35.3 Å². The third-order valence-electron chi connectivity index (χ3n) is 4.76. The number of aliphatic carboxylic acids is 1. The number of rotatable bonds is 10. The Morgan fingerprint density at radius 2 is 1.72 bits per heavy atom. The first-order valence-electron chi connectivity index (χ1n) is 9.22. The molecule has 0 aromatic heterocycles. The largest absolute Gasteiger partial charge is 0.481 e. The average molecular weight is 357 g/mol. The zero-order valence-electron chi connectivity index (χ0n) is 15.3. The molecule has 0 aromatic carbocycles. The Hall–Kier alpha value is -1.63. The van der Waals surface area contributed by atoms with E-state index in [9.17, 15) is 19.5 Å². The van der Waals surface area contributed by atoms with Crippen LogP contribution in [0.1, 0.15) is 78.1 Å². The number of carboxylic acids is 1. The van der Waals surface area contributed by atoms with Crippen LogP contribution in [0.25, 0.3) is 0 Å². The van der Waals surface area contributed by atoms with E-state index in [4.69, 9.17) is 15.2 Å². The molecule has 1 aliphatic carbocycles. The number of carboxylic acid groups (broad SMARTS) is 1. The third-order valence-corrected chi connectivity index (χ3v) is 4.76. The summed E-state index contributed by atoms with van der Waals surface area (Å²) in [6.07, 6.45) is 4.72. The highest BCUT2D eigenvalue weighted by molar-refractivity contribution is 5.79. The van der Waals surface area contributed by atoms with Crippen LogP contribution >= 0.6 is 0 Å². The van der Waals surface area contributed by atoms with Crippen molar-refractivity contribution in [3.05, 3.63) is 0 Å². The summed E-state index contributed by atoms with van der Waals surface area (Å²) < 4.78 is 10.5. The molecule has 144 valence electrons. The lowest BCUT2D eigenvalue weighted by atomic mass is 9.67. The second-order valence-corrected chi connectivity index (χ2v) is 6.87. The number of ether oxygens (including phenoxy) is 2. The van der Waals surface area contributed by atoms with Crippen molar-refractivity contribution in [2.75, 3.05) is 0 Å². The molecule has 1 rings (SSSR count). The maximum Gasteiger partial charge on any atom is 0.326 e. The Morgan fingerprint density at radius 3 is 2.24 bits per heavy atom. The second kappa shape index (κ2) is 10.4. The van der Waals surface area contributed by atoms with E-state index in [1.54, 1.807) is 0 Å². The van der Waals surface area contributed by atoms with Crippen LogP contribution in [0.5, 0.6) is 0 Å².